The summed E-state index contributed by atoms with van der Waals surface area (Å²) in [6, 6.07) is 12.6. The summed E-state index contributed by atoms with van der Waals surface area (Å²) in [5.74, 6) is 0.0359. The lowest BCUT2D eigenvalue weighted by molar-refractivity contribution is -0.147. The molecule has 1 heterocycles. The van der Waals surface area contributed by atoms with Crippen LogP contribution < -0.4 is 0 Å². The van der Waals surface area contributed by atoms with Crippen LogP contribution in [-0.2, 0) is 4.74 Å². The monoisotopic (exact) mass is 285 g/mol. The number of nitriles is 1. The highest BCUT2D eigenvalue weighted by atomic mass is 16.5. The van der Waals surface area contributed by atoms with Crippen molar-refractivity contribution in [2.45, 2.75) is 50.0 Å². The molecule has 2 fully saturated rings. The summed E-state index contributed by atoms with van der Waals surface area (Å²) in [5.41, 5.74) is -0.576. The number of ether oxygens (including phenoxy) is 1. The van der Waals surface area contributed by atoms with Gasteiger partial charge in [-0.2, -0.15) is 5.26 Å². The molecular weight excluding hydrogens is 262 g/mol. The maximum Gasteiger partial charge on any atom is 0.110 e. The van der Waals surface area contributed by atoms with Crippen LogP contribution >= 0.6 is 0 Å². The minimum atomic E-state index is -0.970. The minimum absolute atomic E-state index is 0.0359. The van der Waals surface area contributed by atoms with E-state index in [1.54, 1.807) is 0 Å². The van der Waals surface area contributed by atoms with E-state index in [4.69, 9.17) is 4.74 Å². The van der Waals surface area contributed by atoms with Crippen LogP contribution in [0.4, 0.5) is 0 Å². The van der Waals surface area contributed by atoms with Gasteiger partial charge in [0.15, 0.2) is 0 Å². The number of benzene rings is 1. The average Bonchev–Trinajstić information content (AvgIpc) is 2.56. The van der Waals surface area contributed by atoms with Crippen LogP contribution in [0.25, 0.3) is 0 Å². The van der Waals surface area contributed by atoms with Crippen LogP contribution in [0.3, 0.4) is 0 Å². The van der Waals surface area contributed by atoms with E-state index in [1.165, 1.54) is 0 Å². The second kappa shape index (κ2) is 5.79. The molecule has 1 saturated carbocycles. The molecule has 1 saturated heterocycles. The van der Waals surface area contributed by atoms with Crippen LogP contribution in [0.1, 0.15) is 50.0 Å². The fourth-order valence-electron chi connectivity index (χ4n) is 4.18. The summed E-state index contributed by atoms with van der Waals surface area (Å²) < 4.78 is 5.60. The van der Waals surface area contributed by atoms with Gasteiger partial charge >= 0.3 is 0 Å². The van der Waals surface area contributed by atoms with Crippen molar-refractivity contribution < 1.29 is 9.84 Å². The van der Waals surface area contributed by atoms with Crippen molar-refractivity contribution in [1.82, 2.24) is 0 Å². The molecule has 0 spiro atoms. The van der Waals surface area contributed by atoms with E-state index in [-0.39, 0.29) is 5.92 Å². The van der Waals surface area contributed by atoms with Crippen molar-refractivity contribution >= 4 is 0 Å². The number of nitrogens with zero attached hydrogens (tertiary/aromatic N) is 1. The Morgan fingerprint density at radius 1 is 1.14 bits per heavy atom. The summed E-state index contributed by atoms with van der Waals surface area (Å²) >= 11 is 0. The molecule has 3 unspecified atom stereocenters. The van der Waals surface area contributed by atoms with Crippen molar-refractivity contribution in [3.05, 3.63) is 35.9 Å². The molecule has 1 aliphatic heterocycles. The van der Waals surface area contributed by atoms with E-state index in [1.807, 2.05) is 18.2 Å². The minimum Gasteiger partial charge on any atom is -0.387 e. The van der Waals surface area contributed by atoms with Crippen molar-refractivity contribution in [3.8, 4) is 6.07 Å². The molecule has 1 N–H and O–H groups in total. The second-order valence-corrected chi connectivity index (χ2v) is 6.48. The highest BCUT2D eigenvalue weighted by Gasteiger charge is 2.57. The zero-order chi connectivity index (χ0) is 14.8. The third kappa shape index (κ3) is 2.37. The molecule has 112 valence electrons. The maximum absolute atomic E-state index is 11.6. The van der Waals surface area contributed by atoms with E-state index < -0.39 is 11.0 Å². The van der Waals surface area contributed by atoms with Gasteiger partial charge in [-0.15, -0.1) is 0 Å². The van der Waals surface area contributed by atoms with E-state index in [9.17, 15) is 10.4 Å². The van der Waals surface area contributed by atoms with Gasteiger partial charge in [0.2, 0.25) is 0 Å². The Balaban J connectivity index is 2.00. The Morgan fingerprint density at radius 2 is 1.95 bits per heavy atom. The summed E-state index contributed by atoms with van der Waals surface area (Å²) in [5, 5.41) is 21.4. The smallest absolute Gasteiger partial charge is 0.110 e. The first-order valence-electron chi connectivity index (χ1n) is 7.98. The normalized spacial score (nSPS) is 36.9. The van der Waals surface area contributed by atoms with Crippen LogP contribution in [0.2, 0.25) is 0 Å². The first-order valence-corrected chi connectivity index (χ1v) is 7.98. The molecule has 2 aliphatic rings. The van der Waals surface area contributed by atoms with E-state index >= 15 is 0 Å². The highest BCUT2D eigenvalue weighted by Crippen LogP contribution is 2.53. The standard InChI is InChI=1S/C18H23NO2/c19-13-17(10-6-12-21-14-17)18(20)11-5-4-9-16(18)15-7-2-1-3-8-15/h1-3,7-8,16,20H,4-6,9-12,14H2. The van der Waals surface area contributed by atoms with Crippen LogP contribution in [-0.4, -0.2) is 23.9 Å². The quantitative estimate of drug-likeness (QED) is 0.906. The third-order valence-corrected chi connectivity index (χ3v) is 5.36. The molecule has 1 aromatic rings. The number of rotatable bonds is 2. The molecule has 0 amide bonds. The molecule has 3 rings (SSSR count). The van der Waals surface area contributed by atoms with Gasteiger partial charge in [0, 0.05) is 12.5 Å². The fourth-order valence-corrected chi connectivity index (χ4v) is 4.18. The van der Waals surface area contributed by atoms with Crippen molar-refractivity contribution in [2.24, 2.45) is 5.41 Å². The van der Waals surface area contributed by atoms with Gasteiger partial charge < -0.3 is 9.84 Å². The predicted octanol–water partition coefficient (Wildman–Crippen LogP) is 3.40. The molecule has 3 atom stereocenters. The van der Waals surface area contributed by atoms with Crippen LogP contribution in [0.15, 0.2) is 30.3 Å². The Labute approximate surface area is 126 Å². The van der Waals surface area contributed by atoms with Crippen LogP contribution in [0, 0.1) is 16.7 Å². The first-order chi connectivity index (χ1) is 10.2. The van der Waals surface area contributed by atoms with Gasteiger partial charge in [0.05, 0.1) is 18.3 Å². The van der Waals surface area contributed by atoms with Gasteiger partial charge in [-0.25, -0.2) is 0 Å². The topological polar surface area (TPSA) is 53.2 Å². The summed E-state index contributed by atoms with van der Waals surface area (Å²) in [4.78, 5) is 0. The fraction of sp³-hybridized carbons (Fsp3) is 0.611. The Morgan fingerprint density at radius 3 is 2.62 bits per heavy atom. The van der Waals surface area contributed by atoms with Gasteiger partial charge in [-0.3, -0.25) is 0 Å². The first kappa shape index (κ1) is 14.6. The lowest BCUT2D eigenvalue weighted by Gasteiger charge is -2.51. The summed E-state index contributed by atoms with van der Waals surface area (Å²) in [6.45, 7) is 1.07. The number of hydrogen-bond acceptors (Lipinski definition) is 3. The van der Waals surface area contributed by atoms with Crippen molar-refractivity contribution in [1.29, 1.82) is 5.26 Å². The molecule has 21 heavy (non-hydrogen) atoms. The molecule has 1 aromatic carbocycles. The lowest BCUT2D eigenvalue weighted by Crippen LogP contribution is -2.56. The Hall–Kier alpha value is -1.37. The molecule has 0 radical (unpaired) electrons. The van der Waals surface area contributed by atoms with E-state index in [2.05, 4.69) is 18.2 Å². The van der Waals surface area contributed by atoms with Crippen molar-refractivity contribution in [3.63, 3.8) is 0 Å². The zero-order valence-electron chi connectivity index (χ0n) is 12.4. The Bertz CT molecular complexity index is 516. The van der Waals surface area contributed by atoms with Gasteiger partial charge in [0.25, 0.3) is 0 Å². The highest BCUT2D eigenvalue weighted by molar-refractivity contribution is 5.28. The van der Waals surface area contributed by atoms with Crippen LogP contribution in [0.5, 0.6) is 0 Å². The third-order valence-electron chi connectivity index (χ3n) is 5.36. The SMILES string of the molecule is N#CC1(C2(O)CCCCC2c2ccccc2)CCCOC1. The molecule has 0 aromatic heterocycles. The number of aliphatic hydroxyl groups is 1. The Kier molecular flexibility index (Phi) is 4.01. The molecule has 3 heteroatoms. The van der Waals surface area contributed by atoms with E-state index in [0.717, 1.165) is 37.7 Å². The van der Waals surface area contributed by atoms with Crippen molar-refractivity contribution in [2.75, 3.05) is 13.2 Å². The molecule has 1 aliphatic carbocycles. The lowest BCUT2D eigenvalue weighted by atomic mass is 9.57. The predicted molar refractivity (Wildman–Crippen MR) is 80.7 cm³/mol. The van der Waals surface area contributed by atoms with Gasteiger partial charge in [-0.1, -0.05) is 43.2 Å². The molecular formula is C18H23NO2. The second-order valence-electron chi connectivity index (χ2n) is 6.48. The molecule has 3 nitrogen and oxygen atoms in total. The zero-order valence-corrected chi connectivity index (χ0v) is 12.4. The largest absolute Gasteiger partial charge is 0.387 e. The summed E-state index contributed by atoms with van der Waals surface area (Å²) in [7, 11) is 0. The number of hydrogen-bond donors (Lipinski definition) is 1. The maximum atomic E-state index is 11.6. The summed E-state index contributed by atoms with van der Waals surface area (Å²) in [6.07, 6.45) is 5.35. The van der Waals surface area contributed by atoms with Gasteiger partial charge in [0.1, 0.15) is 5.41 Å². The van der Waals surface area contributed by atoms with E-state index in [0.29, 0.717) is 19.6 Å². The van der Waals surface area contributed by atoms with Gasteiger partial charge in [-0.05, 0) is 31.2 Å². The molecule has 0 bridgehead atoms. The average molecular weight is 285 g/mol.